The summed E-state index contributed by atoms with van der Waals surface area (Å²) < 4.78 is 31.0. The van der Waals surface area contributed by atoms with E-state index in [0.717, 1.165) is 12.8 Å². The fourth-order valence-electron chi connectivity index (χ4n) is 2.53. The van der Waals surface area contributed by atoms with Crippen molar-refractivity contribution in [1.29, 1.82) is 0 Å². The maximum absolute atomic E-state index is 12.1. The fourth-order valence-corrected chi connectivity index (χ4v) is 3.44. The van der Waals surface area contributed by atoms with Crippen molar-refractivity contribution in [2.24, 2.45) is 0 Å². The summed E-state index contributed by atoms with van der Waals surface area (Å²) in [6.45, 7) is 3.51. The number of carbonyl (C=O) groups is 1. The molecule has 0 aliphatic carbocycles. The number of likely N-dealkylation sites (tertiary alicyclic amines) is 1. The standard InChI is InChI=1S/C12H22N2O4S/c1-2-19(16,17)13-10-5-7-14(8-6-10)12(15)11-4-3-9-18-11/h10-11,13H,2-9H2,1H3. The SMILES string of the molecule is CCS(=O)(=O)NC1CCN(C(=O)C2CCCO2)CC1. The lowest BCUT2D eigenvalue weighted by Gasteiger charge is -2.33. The van der Waals surface area contributed by atoms with Gasteiger partial charge in [-0.25, -0.2) is 13.1 Å². The van der Waals surface area contributed by atoms with Gasteiger partial charge in [0, 0.05) is 25.7 Å². The largest absolute Gasteiger partial charge is 0.368 e. The molecule has 2 heterocycles. The summed E-state index contributed by atoms with van der Waals surface area (Å²) in [4.78, 5) is 13.9. The van der Waals surface area contributed by atoms with Gasteiger partial charge in [0.2, 0.25) is 10.0 Å². The Morgan fingerprint density at radius 1 is 1.32 bits per heavy atom. The van der Waals surface area contributed by atoms with Crippen LogP contribution in [0.15, 0.2) is 0 Å². The summed E-state index contributed by atoms with van der Waals surface area (Å²) >= 11 is 0. The van der Waals surface area contributed by atoms with Gasteiger partial charge in [-0.05, 0) is 32.6 Å². The second kappa shape index (κ2) is 6.19. The number of rotatable bonds is 4. The number of carbonyl (C=O) groups excluding carboxylic acids is 1. The molecule has 1 atom stereocenters. The van der Waals surface area contributed by atoms with Crippen LogP contribution in [0.3, 0.4) is 0 Å². The van der Waals surface area contributed by atoms with Crippen molar-refractivity contribution < 1.29 is 17.9 Å². The van der Waals surface area contributed by atoms with Crippen LogP contribution < -0.4 is 4.72 Å². The maximum atomic E-state index is 12.1. The summed E-state index contributed by atoms with van der Waals surface area (Å²) in [5.41, 5.74) is 0. The number of hydrogen-bond donors (Lipinski definition) is 1. The molecule has 0 aromatic rings. The van der Waals surface area contributed by atoms with Crippen LogP contribution >= 0.6 is 0 Å². The summed E-state index contributed by atoms with van der Waals surface area (Å²) in [5, 5.41) is 0. The zero-order chi connectivity index (χ0) is 13.9. The highest BCUT2D eigenvalue weighted by Crippen LogP contribution is 2.18. The molecule has 7 heteroatoms. The van der Waals surface area contributed by atoms with E-state index >= 15 is 0 Å². The third-order valence-electron chi connectivity index (χ3n) is 3.74. The molecule has 0 bridgehead atoms. The second-order valence-corrected chi connectivity index (χ2v) is 7.17. The van der Waals surface area contributed by atoms with Crippen LogP contribution in [0, 0.1) is 0 Å². The minimum Gasteiger partial charge on any atom is -0.368 e. The molecular formula is C12H22N2O4S. The number of sulfonamides is 1. The highest BCUT2D eigenvalue weighted by atomic mass is 32.2. The van der Waals surface area contributed by atoms with Crippen LogP contribution in [0.25, 0.3) is 0 Å². The van der Waals surface area contributed by atoms with E-state index in [9.17, 15) is 13.2 Å². The van der Waals surface area contributed by atoms with Gasteiger partial charge in [0.25, 0.3) is 5.91 Å². The number of hydrogen-bond acceptors (Lipinski definition) is 4. The van der Waals surface area contributed by atoms with Crippen molar-refractivity contribution in [3.05, 3.63) is 0 Å². The second-order valence-electron chi connectivity index (χ2n) is 5.12. The molecule has 0 spiro atoms. The highest BCUT2D eigenvalue weighted by molar-refractivity contribution is 7.89. The molecule has 1 amide bonds. The Morgan fingerprint density at radius 3 is 2.53 bits per heavy atom. The lowest BCUT2D eigenvalue weighted by atomic mass is 10.1. The third-order valence-corrected chi connectivity index (χ3v) is 5.19. The molecule has 1 unspecified atom stereocenters. The summed E-state index contributed by atoms with van der Waals surface area (Å²) in [7, 11) is -3.15. The third kappa shape index (κ3) is 3.90. The van der Waals surface area contributed by atoms with E-state index in [2.05, 4.69) is 4.72 Å². The van der Waals surface area contributed by atoms with Gasteiger partial charge < -0.3 is 9.64 Å². The maximum Gasteiger partial charge on any atom is 0.251 e. The minimum absolute atomic E-state index is 0.0431. The normalized spacial score (nSPS) is 25.7. The number of nitrogens with one attached hydrogen (secondary N) is 1. The van der Waals surface area contributed by atoms with Crippen LogP contribution in [-0.2, 0) is 19.6 Å². The molecule has 110 valence electrons. The Balaban J connectivity index is 1.80. The van der Waals surface area contributed by atoms with Crippen LogP contribution in [-0.4, -0.2) is 56.8 Å². The molecule has 2 saturated heterocycles. The van der Waals surface area contributed by atoms with Crippen molar-refractivity contribution in [2.75, 3.05) is 25.4 Å². The highest BCUT2D eigenvalue weighted by Gasteiger charge is 2.31. The molecule has 0 saturated carbocycles. The first kappa shape index (κ1) is 14.7. The predicted molar refractivity (Wildman–Crippen MR) is 71.2 cm³/mol. The molecule has 0 aromatic carbocycles. The van der Waals surface area contributed by atoms with Crippen LogP contribution in [0.1, 0.15) is 32.6 Å². The Bertz CT molecular complexity index is 409. The van der Waals surface area contributed by atoms with Gasteiger partial charge in [-0.3, -0.25) is 4.79 Å². The Kier molecular flexibility index (Phi) is 4.81. The van der Waals surface area contributed by atoms with Crippen molar-refractivity contribution >= 4 is 15.9 Å². The summed E-state index contributed by atoms with van der Waals surface area (Å²) in [6.07, 6.45) is 2.84. The van der Waals surface area contributed by atoms with E-state index in [-0.39, 0.29) is 23.8 Å². The lowest BCUT2D eigenvalue weighted by molar-refractivity contribution is -0.142. The van der Waals surface area contributed by atoms with Crippen molar-refractivity contribution in [1.82, 2.24) is 9.62 Å². The van der Waals surface area contributed by atoms with Crippen molar-refractivity contribution in [2.45, 2.75) is 44.8 Å². The van der Waals surface area contributed by atoms with Gasteiger partial charge in [-0.15, -0.1) is 0 Å². The minimum atomic E-state index is -3.15. The number of amides is 1. The first-order valence-corrected chi connectivity index (χ1v) is 8.57. The zero-order valence-electron chi connectivity index (χ0n) is 11.3. The van der Waals surface area contributed by atoms with Crippen LogP contribution in [0.2, 0.25) is 0 Å². The van der Waals surface area contributed by atoms with Gasteiger partial charge in [0.1, 0.15) is 6.10 Å². The summed E-state index contributed by atoms with van der Waals surface area (Å²) in [5.74, 6) is 0.163. The molecule has 2 aliphatic heterocycles. The Hall–Kier alpha value is -0.660. The van der Waals surface area contributed by atoms with E-state index in [4.69, 9.17) is 4.74 Å². The van der Waals surface area contributed by atoms with Crippen molar-refractivity contribution in [3.8, 4) is 0 Å². The van der Waals surface area contributed by atoms with Crippen molar-refractivity contribution in [3.63, 3.8) is 0 Å². The Morgan fingerprint density at radius 2 is 2.00 bits per heavy atom. The van der Waals surface area contributed by atoms with Crippen LogP contribution in [0.5, 0.6) is 0 Å². The van der Waals surface area contributed by atoms with Gasteiger partial charge in [-0.2, -0.15) is 0 Å². The van der Waals surface area contributed by atoms with Gasteiger partial charge in [-0.1, -0.05) is 0 Å². The number of piperidine rings is 1. The average Bonchev–Trinajstić information content (AvgIpc) is 2.92. The molecule has 19 heavy (non-hydrogen) atoms. The molecule has 0 aromatic heterocycles. The zero-order valence-corrected chi connectivity index (χ0v) is 12.1. The smallest absolute Gasteiger partial charge is 0.251 e. The fraction of sp³-hybridized carbons (Fsp3) is 0.917. The van der Waals surface area contributed by atoms with Crippen LogP contribution in [0.4, 0.5) is 0 Å². The molecule has 2 fully saturated rings. The first-order chi connectivity index (χ1) is 9.02. The molecule has 2 aliphatic rings. The van der Waals surface area contributed by atoms with E-state index in [1.807, 2.05) is 0 Å². The molecular weight excluding hydrogens is 268 g/mol. The quantitative estimate of drug-likeness (QED) is 0.796. The molecule has 6 nitrogen and oxygen atoms in total. The van der Waals surface area contributed by atoms with Gasteiger partial charge in [0.15, 0.2) is 0 Å². The topological polar surface area (TPSA) is 75.7 Å². The average molecular weight is 290 g/mol. The number of ether oxygens (including phenoxy) is 1. The number of nitrogens with zero attached hydrogens (tertiary/aromatic N) is 1. The molecule has 1 N–H and O–H groups in total. The molecule has 2 rings (SSSR count). The first-order valence-electron chi connectivity index (χ1n) is 6.92. The van der Waals surface area contributed by atoms with E-state index in [1.54, 1.807) is 11.8 Å². The van der Waals surface area contributed by atoms with Gasteiger partial charge >= 0.3 is 0 Å². The van der Waals surface area contributed by atoms with E-state index < -0.39 is 10.0 Å². The lowest BCUT2D eigenvalue weighted by Crippen LogP contribution is -2.49. The van der Waals surface area contributed by atoms with E-state index in [1.165, 1.54) is 0 Å². The van der Waals surface area contributed by atoms with Gasteiger partial charge in [0.05, 0.1) is 5.75 Å². The molecule has 0 radical (unpaired) electrons. The van der Waals surface area contributed by atoms with E-state index in [0.29, 0.717) is 32.5 Å². The predicted octanol–water partition coefficient (Wildman–Crippen LogP) is 0.0957. The monoisotopic (exact) mass is 290 g/mol. The summed E-state index contributed by atoms with van der Waals surface area (Å²) in [6, 6.07) is -0.0431. The Labute approximate surface area is 114 Å².